The Hall–Kier alpha value is -3.83. The van der Waals surface area contributed by atoms with Gasteiger partial charge in [-0.1, -0.05) is 0 Å². The van der Waals surface area contributed by atoms with Crippen LogP contribution in [0.3, 0.4) is 0 Å². The zero-order valence-electron chi connectivity index (χ0n) is 18.7. The lowest BCUT2D eigenvalue weighted by Crippen LogP contribution is -2.47. The fourth-order valence-electron chi connectivity index (χ4n) is 4.77. The van der Waals surface area contributed by atoms with Crippen molar-refractivity contribution < 1.29 is 18.6 Å². The molecular weight excluding hydrogens is 435 g/mol. The molecular formula is C26H23FN4O3. The first-order valence-electron chi connectivity index (χ1n) is 11.4. The molecule has 2 aromatic heterocycles. The summed E-state index contributed by atoms with van der Waals surface area (Å²) >= 11 is 0. The second-order valence-electron chi connectivity index (χ2n) is 8.81. The number of hydrogen-bond acceptors (Lipinski definition) is 6. The van der Waals surface area contributed by atoms with Gasteiger partial charge in [0.1, 0.15) is 12.4 Å². The maximum atomic E-state index is 15.2. The normalized spacial score (nSPS) is 15.7. The number of H-pyrrole nitrogens is 1. The van der Waals surface area contributed by atoms with Gasteiger partial charge in [0.25, 0.3) is 0 Å². The molecule has 0 spiro atoms. The molecule has 0 amide bonds. The number of aromatic nitrogens is 2. The lowest BCUT2D eigenvalue weighted by molar-refractivity contribution is 0.110. The van der Waals surface area contributed by atoms with Crippen molar-refractivity contribution in [3.05, 3.63) is 53.6 Å². The van der Waals surface area contributed by atoms with E-state index in [0.29, 0.717) is 47.8 Å². The third-order valence-electron chi connectivity index (χ3n) is 6.47. The molecule has 6 rings (SSSR count). The summed E-state index contributed by atoms with van der Waals surface area (Å²) in [6.07, 6.45) is 2.35. The van der Waals surface area contributed by atoms with Crippen LogP contribution in [0.4, 0.5) is 4.39 Å². The fraction of sp³-hybridized carbons (Fsp3) is 0.308. The number of aromatic amines is 1. The predicted octanol–water partition coefficient (Wildman–Crippen LogP) is 4.73. The van der Waals surface area contributed by atoms with Gasteiger partial charge in [-0.25, -0.2) is 4.39 Å². The molecule has 0 aliphatic carbocycles. The average Bonchev–Trinajstić information content (AvgIpc) is 3.44. The maximum Gasteiger partial charge on any atom is 0.175 e. The van der Waals surface area contributed by atoms with Crippen LogP contribution in [0.25, 0.3) is 21.8 Å². The van der Waals surface area contributed by atoms with Crippen LogP contribution in [-0.2, 0) is 6.42 Å². The van der Waals surface area contributed by atoms with Gasteiger partial charge in [0.05, 0.1) is 29.5 Å². The van der Waals surface area contributed by atoms with Crippen LogP contribution in [-0.4, -0.2) is 47.7 Å². The number of halogens is 1. The predicted molar refractivity (Wildman–Crippen MR) is 125 cm³/mol. The Morgan fingerprint density at radius 2 is 2.12 bits per heavy atom. The van der Waals surface area contributed by atoms with E-state index in [9.17, 15) is 0 Å². The first-order valence-corrected chi connectivity index (χ1v) is 11.4. The molecule has 34 heavy (non-hydrogen) atoms. The number of nitrogens with zero attached hydrogens (tertiary/aromatic N) is 3. The molecule has 1 saturated heterocycles. The summed E-state index contributed by atoms with van der Waals surface area (Å²) in [5, 5.41) is 10.2. The first kappa shape index (κ1) is 20.8. The minimum Gasteiger partial charge on any atom is -0.489 e. The number of nitriles is 1. The minimum absolute atomic E-state index is 0.127. The minimum atomic E-state index is -0.399. The highest BCUT2D eigenvalue weighted by Crippen LogP contribution is 2.45. The van der Waals surface area contributed by atoms with E-state index in [0.717, 1.165) is 41.8 Å². The van der Waals surface area contributed by atoms with Crippen molar-refractivity contribution in [3.63, 3.8) is 0 Å². The zero-order chi connectivity index (χ0) is 23.2. The maximum absolute atomic E-state index is 15.2. The molecule has 0 unspecified atom stereocenters. The van der Waals surface area contributed by atoms with Gasteiger partial charge in [0, 0.05) is 60.5 Å². The van der Waals surface area contributed by atoms with Gasteiger partial charge in [0.15, 0.2) is 23.1 Å². The third kappa shape index (κ3) is 3.49. The van der Waals surface area contributed by atoms with Crippen LogP contribution in [0.15, 0.2) is 36.5 Å². The Morgan fingerprint density at radius 1 is 1.24 bits per heavy atom. The van der Waals surface area contributed by atoms with Gasteiger partial charge in [-0.15, -0.1) is 0 Å². The molecule has 1 N–H and O–H groups in total. The number of fused-ring (bicyclic) bond motifs is 4. The number of pyridine rings is 1. The van der Waals surface area contributed by atoms with Crippen LogP contribution in [0, 0.1) is 30.0 Å². The summed E-state index contributed by atoms with van der Waals surface area (Å²) < 4.78 is 33.2. The molecule has 1 fully saturated rings. The highest BCUT2D eigenvalue weighted by molar-refractivity contribution is 5.93. The number of rotatable bonds is 6. The van der Waals surface area contributed by atoms with Crippen LogP contribution >= 0.6 is 0 Å². The molecule has 0 saturated carbocycles. The standard InChI is InChI=1S/C26H23FN4O3/c1-15-10-18-19(30-15)2-3-22(25(18)27)34-21-4-6-29-20-11-23(26-17(24(20)21)5-8-33-26)32-9-7-31-13-16(12-28)14-31/h2-4,6,10-11,16,30H,5,7-9,13-14H2,1H3. The first-order chi connectivity index (χ1) is 16.6. The van der Waals surface area contributed by atoms with Crippen LogP contribution in [0.5, 0.6) is 23.0 Å². The molecule has 2 aromatic carbocycles. The molecule has 0 bridgehead atoms. The van der Waals surface area contributed by atoms with E-state index >= 15 is 4.39 Å². The van der Waals surface area contributed by atoms with Gasteiger partial charge in [-0.05, 0) is 31.2 Å². The number of nitrogens with one attached hydrogen (secondary N) is 1. The quantitative estimate of drug-likeness (QED) is 0.450. The molecule has 8 heteroatoms. The third-order valence-corrected chi connectivity index (χ3v) is 6.47. The van der Waals surface area contributed by atoms with Gasteiger partial charge in [-0.2, -0.15) is 5.26 Å². The Kier molecular flexibility index (Phi) is 5.00. The van der Waals surface area contributed by atoms with Gasteiger partial charge in [0.2, 0.25) is 0 Å². The Balaban J connectivity index is 1.30. The molecule has 4 aromatic rings. The lowest BCUT2D eigenvalue weighted by Gasteiger charge is -2.34. The summed E-state index contributed by atoms with van der Waals surface area (Å²) in [6, 6.07) is 11.1. The molecule has 0 radical (unpaired) electrons. The van der Waals surface area contributed by atoms with E-state index in [2.05, 4.69) is 20.9 Å². The van der Waals surface area contributed by atoms with E-state index in [4.69, 9.17) is 19.5 Å². The van der Waals surface area contributed by atoms with Crippen molar-refractivity contribution >= 4 is 21.8 Å². The van der Waals surface area contributed by atoms with E-state index in [1.54, 1.807) is 24.4 Å². The second-order valence-corrected chi connectivity index (χ2v) is 8.81. The summed E-state index contributed by atoms with van der Waals surface area (Å²) in [6.45, 7) is 5.27. The molecule has 4 heterocycles. The van der Waals surface area contributed by atoms with Crippen molar-refractivity contribution in [2.45, 2.75) is 13.3 Å². The van der Waals surface area contributed by atoms with E-state index in [1.807, 2.05) is 19.1 Å². The largest absolute Gasteiger partial charge is 0.489 e. The van der Waals surface area contributed by atoms with E-state index in [-0.39, 0.29) is 11.7 Å². The number of benzene rings is 2. The lowest BCUT2D eigenvalue weighted by atomic mass is 10.0. The van der Waals surface area contributed by atoms with Crippen molar-refractivity contribution in [1.82, 2.24) is 14.9 Å². The molecule has 172 valence electrons. The van der Waals surface area contributed by atoms with Crippen molar-refractivity contribution in [3.8, 4) is 29.1 Å². The molecule has 7 nitrogen and oxygen atoms in total. The van der Waals surface area contributed by atoms with Crippen LogP contribution in [0.2, 0.25) is 0 Å². The van der Waals surface area contributed by atoms with E-state index in [1.165, 1.54) is 0 Å². The highest BCUT2D eigenvalue weighted by atomic mass is 19.1. The van der Waals surface area contributed by atoms with Crippen molar-refractivity contribution in [2.24, 2.45) is 5.92 Å². The van der Waals surface area contributed by atoms with Crippen molar-refractivity contribution in [1.29, 1.82) is 5.26 Å². The Bertz CT molecular complexity index is 1450. The number of hydrogen-bond donors (Lipinski definition) is 1. The second kappa shape index (κ2) is 8.19. The average molecular weight is 458 g/mol. The zero-order valence-corrected chi connectivity index (χ0v) is 18.7. The monoisotopic (exact) mass is 458 g/mol. The van der Waals surface area contributed by atoms with Crippen molar-refractivity contribution in [2.75, 3.05) is 32.8 Å². The topological polar surface area (TPSA) is 83.4 Å². The van der Waals surface area contributed by atoms with Gasteiger partial charge >= 0.3 is 0 Å². The molecule has 2 aliphatic rings. The van der Waals surface area contributed by atoms with E-state index < -0.39 is 5.82 Å². The SMILES string of the molecule is Cc1cc2c(F)c(Oc3ccnc4cc(OCCN5CC(C#N)C5)c5c(c34)CCO5)ccc2[nH]1. The summed E-state index contributed by atoms with van der Waals surface area (Å²) in [7, 11) is 0. The van der Waals surface area contributed by atoms with Crippen LogP contribution in [0.1, 0.15) is 11.3 Å². The Morgan fingerprint density at radius 3 is 2.97 bits per heavy atom. The summed E-state index contributed by atoms with van der Waals surface area (Å²) in [5.74, 6) is 1.77. The fourth-order valence-corrected chi connectivity index (χ4v) is 4.77. The molecule has 0 atom stereocenters. The van der Waals surface area contributed by atoms with Gasteiger partial charge < -0.3 is 19.2 Å². The van der Waals surface area contributed by atoms with Crippen LogP contribution < -0.4 is 14.2 Å². The smallest absolute Gasteiger partial charge is 0.175 e. The Labute approximate surface area is 195 Å². The number of likely N-dealkylation sites (tertiary alicyclic amines) is 1. The number of aryl methyl sites for hydroxylation is 1. The highest BCUT2D eigenvalue weighted by Gasteiger charge is 2.27. The summed E-state index contributed by atoms with van der Waals surface area (Å²) in [5.41, 5.74) is 3.30. The number of ether oxygens (including phenoxy) is 3. The summed E-state index contributed by atoms with van der Waals surface area (Å²) in [4.78, 5) is 9.86. The van der Waals surface area contributed by atoms with Gasteiger partial charge in [-0.3, -0.25) is 9.88 Å². The molecule has 2 aliphatic heterocycles.